The van der Waals surface area contributed by atoms with Crippen molar-refractivity contribution in [1.82, 2.24) is 10.9 Å². The van der Waals surface area contributed by atoms with Crippen molar-refractivity contribution in [2.75, 3.05) is 4.72 Å². The zero-order valence-electron chi connectivity index (χ0n) is 10.4. The third-order valence-corrected chi connectivity index (χ3v) is 6.09. The maximum Gasteiger partial charge on any atom is 0.238 e. The third-order valence-electron chi connectivity index (χ3n) is 3.07. The van der Waals surface area contributed by atoms with Crippen LogP contribution in [0.25, 0.3) is 0 Å². The Balaban J connectivity index is 2.26. The summed E-state index contributed by atoms with van der Waals surface area (Å²) in [6, 6.07) is 4.86. The molecule has 1 saturated heterocycles. The summed E-state index contributed by atoms with van der Waals surface area (Å²) in [7, 11) is -3.51. The molecule has 1 aliphatic heterocycles. The quantitative estimate of drug-likeness (QED) is 0.660. The van der Waals surface area contributed by atoms with Crippen molar-refractivity contribution in [1.29, 1.82) is 0 Å². The summed E-state index contributed by atoms with van der Waals surface area (Å²) < 4.78 is 28.3. The van der Waals surface area contributed by atoms with Gasteiger partial charge in [0.1, 0.15) is 5.25 Å². The summed E-state index contributed by atoms with van der Waals surface area (Å²) in [5, 5.41) is -0.155. The molecule has 0 bridgehead atoms. The molecule has 1 fully saturated rings. The lowest BCUT2D eigenvalue weighted by Gasteiger charge is -2.20. The van der Waals surface area contributed by atoms with Gasteiger partial charge in [0.2, 0.25) is 10.0 Å². The monoisotopic (exact) mass is 415 g/mol. The molecular formula is C11H15ClIN3O2S. The Morgan fingerprint density at radius 2 is 1.84 bits per heavy atom. The average molecular weight is 416 g/mol. The van der Waals surface area contributed by atoms with E-state index in [2.05, 4.69) is 38.2 Å². The third kappa shape index (κ3) is 3.33. The molecular weight excluding hydrogens is 401 g/mol. The molecule has 1 aromatic rings. The topological polar surface area (TPSA) is 70.2 Å². The van der Waals surface area contributed by atoms with Crippen LogP contribution in [0.2, 0.25) is 5.02 Å². The molecule has 2 atom stereocenters. The minimum absolute atomic E-state index is 0.171. The number of halogens is 2. The SMILES string of the molecule is CC1NNC(C)C1S(=O)(=O)Nc1ccc(I)cc1Cl. The summed E-state index contributed by atoms with van der Waals surface area (Å²) >= 11 is 8.17. The molecule has 106 valence electrons. The van der Waals surface area contributed by atoms with E-state index in [0.29, 0.717) is 10.7 Å². The first kappa shape index (κ1) is 15.3. The van der Waals surface area contributed by atoms with Gasteiger partial charge in [-0.25, -0.2) is 8.42 Å². The largest absolute Gasteiger partial charge is 0.282 e. The highest BCUT2D eigenvalue weighted by molar-refractivity contribution is 14.1. The van der Waals surface area contributed by atoms with Crippen LogP contribution < -0.4 is 15.6 Å². The number of hydrogen-bond acceptors (Lipinski definition) is 4. The number of hydrogen-bond donors (Lipinski definition) is 3. The predicted molar refractivity (Wildman–Crippen MR) is 85.7 cm³/mol. The van der Waals surface area contributed by atoms with Gasteiger partial charge < -0.3 is 0 Å². The molecule has 0 radical (unpaired) electrons. The van der Waals surface area contributed by atoms with Gasteiger partial charge in [0.25, 0.3) is 0 Å². The maximum atomic E-state index is 12.4. The molecule has 3 N–H and O–H groups in total. The molecule has 0 spiro atoms. The van der Waals surface area contributed by atoms with E-state index in [-0.39, 0.29) is 12.1 Å². The molecule has 0 aliphatic carbocycles. The Bertz CT molecular complexity index is 571. The number of rotatable bonds is 3. The van der Waals surface area contributed by atoms with E-state index in [0.717, 1.165) is 3.57 Å². The Morgan fingerprint density at radius 1 is 1.26 bits per heavy atom. The minimum Gasteiger partial charge on any atom is -0.282 e. The van der Waals surface area contributed by atoms with Crippen molar-refractivity contribution in [2.24, 2.45) is 0 Å². The van der Waals surface area contributed by atoms with Gasteiger partial charge in [-0.05, 0) is 54.6 Å². The van der Waals surface area contributed by atoms with E-state index < -0.39 is 15.3 Å². The highest BCUT2D eigenvalue weighted by atomic mass is 127. The molecule has 2 rings (SSSR count). The molecule has 0 amide bonds. The van der Waals surface area contributed by atoms with Gasteiger partial charge in [0, 0.05) is 15.7 Å². The second kappa shape index (κ2) is 5.72. The van der Waals surface area contributed by atoms with Gasteiger partial charge in [-0.3, -0.25) is 15.6 Å². The normalized spacial score (nSPS) is 27.5. The number of benzene rings is 1. The minimum atomic E-state index is -3.51. The van der Waals surface area contributed by atoms with Crippen molar-refractivity contribution in [2.45, 2.75) is 31.2 Å². The van der Waals surface area contributed by atoms with Crippen molar-refractivity contribution in [3.8, 4) is 0 Å². The van der Waals surface area contributed by atoms with Gasteiger partial charge in [-0.1, -0.05) is 11.6 Å². The Kier molecular flexibility index (Phi) is 4.61. The fourth-order valence-electron chi connectivity index (χ4n) is 2.19. The van der Waals surface area contributed by atoms with Crippen LogP contribution in [0.1, 0.15) is 13.8 Å². The van der Waals surface area contributed by atoms with Gasteiger partial charge >= 0.3 is 0 Å². The Hall–Kier alpha value is -0.0900. The van der Waals surface area contributed by atoms with Crippen LogP contribution in [0.15, 0.2) is 18.2 Å². The van der Waals surface area contributed by atoms with Crippen LogP contribution in [-0.2, 0) is 10.0 Å². The van der Waals surface area contributed by atoms with Crippen molar-refractivity contribution >= 4 is 49.9 Å². The van der Waals surface area contributed by atoms with E-state index >= 15 is 0 Å². The Morgan fingerprint density at radius 3 is 2.37 bits per heavy atom. The zero-order chi connectivity index (χ0) is 14.2. The predicted octanol–water partition coefficient (Wildman–Crippen LogP) is 1.94. The molecule has 1 aromatic carbocycles. The van der Waals surface area contributed by atoms with Crippen LogP contribution >= 0.6 is 34.2 Å². The standard InChI is InChI=1S/C11H15ClIN3O2S/c1-6-11(7(2)15-14-6)19(17,18)16-10-4-3-8(13)5-9(10)12/h3-7,11,14-16H,1-2H3. The molecule has 1 heterocycles. The molecule has 5 nitrogen and oxygen atoms in total. The zero-order valence-corrected chi connectivity index (χ0v) is 14.2. The van der Waals surface area contributed by atoms with Crippen LogP contribution in [0.3, 0.4) is 0 Å². The van der Waals surface area contributed by atoms with Gasteiger partial charge in [-0.15, -0.1) is 0 Å². The smallest absolute Gasteiger partial charge is 0.238 e. The van der Waals surface area contributed by atoms with Crippen molar-refractivity contribution < 1.29 is 8.42 Å². The first-order valence-electron chi connectivity index (χ1n) is 5.79. The average Bonchev–Trinajstić information content (AvgIpc) is 2.63. The lowest BCUT2D eigenvalue weighted by molar-refractivity contribution is 0.564. The molecule has 0 saturated carbocycles. The van der Waals surface area contributed by atoms with Crippen LogP contribution in [-0.4, -0.2) is 25.8 Å². The van der Waals surface area contributed by atoms with E-state index in [1.807, 2.05) is 19.9 Å². The molecule has 19 heavy (non-hydrogen) atoms. The van der Waals surface area contributed by atoms with Crippen molar-refractivity contribution in [3.63, 3.8) is 0 Å². The molecule has 0 aromatic heterocycles. The Labute approximate surface area is 131 Å². The summed E-state index contributed by atoms with van der Waals surface area (Å²) in [6.07, 6.45) is 0. The summed E-state index contributed by atoms with van der Waals surface area (Å²) in [5.41, 5.74) is 6.27. The first-order chi connectivity index (χ1) is 8.81. The van der Waals surface area contributed by atoms with Gasteiger partial charge in [0.05, 0.1) is 10.7 Å². The summed E-state index contributed by atoms with van der Waals surface area (Å²) in [6.45, 7) is 3.66. The van der Waals surface area contributed by atoms with Crippen LogP contribution in [0, 0.1) is 3.57 Å². The summed E-state index contributed by atoms with van der Waals surface area (Å²) in [4.78, 5) is 0. The molecule has 2 unspecified atom stereocenters. The maximum absolute atomic E-state index is 12.4. The van der Waals surface area contributed by atoms with E-state index in [1.165, 1.54) is 0 Å². The number of anilines is 1. The van der Waals surface area contributed by atoms with Gasteiger partial charge in [-0.2, -0.15) is 0 Å². The van der Waals surface area contributed by atoms with Crippen LogP contribution in [0.4, 0.5) is 5.69 Å². The number of sulfonamides is 1. The van der Waals surface area contributed by atoms with E-state index in [4.69, 9.17) is 11.6 Å². The second-order valence-corrected chi connectivity index (χ2v) is 8.09. The number of hydrazine groups is 1. The molecule has 1 aliphatic rings. The van der Waals surface area contributed by atoms with Gasteiger partial charge in [0.15, 0.2) is 0 Å². The second-order valence-electron chi connectivity index (χ2n) is 4.60. The van der Waals surface area contributed by atoms with E-state index in [9.17, 15) is 8.42 Å². The lowest BCUT2D eigenvalue weighted by atomic mass is 10.2. The van der Waals surface area contributed by atoms with E-state index in [1.54, 1.807) is 12.1 Å². The highest BCUT2D eigenvalue weighted by Gasteiger charge is 2.40. The van der Waals surface area contributed by atoms with Crippen LogP contribution in [0.5, 0.6) is 0 Å². The lowest BCUT2D eigenvalue weighted by Crippen LogP contribution is -2.41. The fourth-order valence-corrected chi connectivity index (χ4v) is 4.98. The summed E-state index contributed by atoms with van der Waals surface area (Å²) in [5.74, 6) is 0. The first-order valence-corrected chi connectivity index (χ1v) is 8.79. The molecule has 8 heteroatoms. The fraction of sp³-hybridized carbons (Fsp3) is 0.455. The highest BCUT2D eigenvalue weighted by Crippen LogP contribution is 2.27. The number of nitrogens with one attached hydrogen (secondary N) is 3. The van der Waals surface area contributed by atoms with Crippen molar-refractivity contribution in [3.05, 3.63) is 26.8 Å².